The fourth-order valence-electron chi connectivity index (χ4n) is 6.69. The average Bonchev–Trinajstić information content (AvgIpc) is 3.48. The zero-order valence-electron chi connectivity index (χ0n) is 20.6. The molecule has 35 heavy (non-hydrogen) atoms. The van der Waals surface area contributed by atoms with Crippen molar-refractivity contribution < 1.29 is 19.4 Å². The first-order valence-corrected chi connectivity index (χ1v) is 13.2. The monoisotopic (exact) mass is 478 g/mol. The van der Waals surface area contributed by atoms with Gasteiger partial charge in [0, 0.05) is 18.6 Å². The molecule has 6 nitrogen and oxygen atoms in total. The summed E-state index contributed by atoms with van der Waals surface area (Å²) in [6.45, 7) is 1.18. The van der Waals surface area contributed by atoms with Gasteiger partial charge >= 0.3 is 6.09 Å². The van der Waals surface area contributed by atoms with Gasteiger partial charge < -0.3 is 19.9 Å². The van der Waals surface area contributed by atoms with Gasteiger partial charge in [-0.05, 0) is 73.6 Å². The van der Waals surface area contributed by atoms with Gasteiger partial charge in [0.05, 0.1) is 25.9 Å². The minimum atomic E-state index is -0.808. The van der Waals surface area contributed by atoms with E-state index >= 15 is 0 Å². The van der Waals surface area contributed by atoms with E-state index in [0.29, 0.717) is 25.0 Å². The maximum absolute atomic E-state index is 12.3. The summed E-state index contributed by atoms with van der Waals surface area (Å²) >= 11 is 0. The lowest BCUT2D eigenvalue weighted by Gasteiger charge is -2.33. The van der Waals surface area contributed by atoms with Crippen LogP contribution in [0.1, 0.15) is 62.0 Å². The second-order valence-electron chi connectivity index (χ2n) is 10.4. The van der Waals surface area contributed by atoms with Crippen LogP contribution in [0, 0.1) is 5.92 Å². The maximum Gasteiger partial charge on any atom is 0.407 e. The molecule has 4 atom stereocenters. The number of amides is 1. The quantitative estimate of drug-likeness (QED) is 0.530. The summed E-state index contributed by atoms with van der Waals surface area (Å²) in [5.41, 5.74) is 2.60. The Balaban J connectivity index is 1.22. The minimum absolute atomic E-state index is 0.100. The van der Waals surface area contributed by atoms with Gasteiger partial charge in [-0.3, -0.25) is 4.90 Å². The van der Waals surface area contributed by atoms with E-state index < -0.39 is 6.09 Å². The van der Waals surface area contributed by atoms with Crippen molar-refractivity contribution in [2.45, 2.75) is 81.6 Å². The first-order chi connectivity index (χ1) is 17.1. The van der Waals surface area contributed by atoms with Crippen LogP contribution in [0.2, 0.25) is 0 Å². The Kier molecular flexibility index (Phi) is 7.59. The molecule has 1 aliphatic heterocycles. The van der Waals surface area contributed by atoms with Crippen molar-refractivity contribution >= 4 is 6.09 Å². The molecular weight excluding hydrogens is 440 g/mol. The lowest BCUT2D eigenvalue weighted by molar-refractivity contribution is -0.00934. The van der Waals surface area contributed by atoms with Crippen molar-refractivity contribution in [3.05, 3.63) is 65.7 Å². The van der Waals surface area contributed by atoms with Crippen molar-refractivity contribution in [2.24, 2.45) is 5.92 Å². The molecule has 1 amide bonds. The summed E-state index contributed by atoms with van der Waals surface area (Å²) in [5.74, 6) is 1.80. The van der Waals surface area contributed by atoms with Gasteiger partial charge in [0.25, 0.3) is 0 Å². The standard InChI is InChI=1S/C29H38N2O4/c1-34-23-14-10-20(11-15-23)18-30-28-25-8-5-9-26(25)31(29(32)33)27(28)19-35-24-16-12-22(13-17-24)21-6-3-2-4-7-21/h2-4,6-7,10-11,14-15,22,24-28,30H,5,8-9,12-13,16-19H2,1H3,(H,32,33)/t22?,24?,25-,26+,27-,28-/m0/s1. The highest BCUT2D eigenvalue weighted by atomic mass is 16.5. The van der Waals surface area contributed by atoms with Crippen LogP contribution in [-0.2, 0) is 11.3 Å². The van der Waals surface area contributed by atoms with Crippen LogP contribution in [-0.4, -0.2) is 54.0 Å². The number of carboxylic acid groups (broad SMARTS) is 1. The fraction of sp³-hybridized carbons (Fsp3) is 0.552. The number of likely N-dealkylation sites (tertiary alicyclic amines) is 1. The van der Waals surface area contributed by atoms with Crippen molar-refractivity contribution in [3.8, 4) is 5.75 Å². The molecule has 6 heteroatoms. The van der Waals surface area contributed by atoms with Gasteiger partial charge in [0.2, 0.25) is 0 Å². The van der Waals surface area contributed by atoms with E-state index in [1.807, 2.05) is 12.1 Å². The number of carbonyl (C=O) groups is 1. The lowest BCUT2D eigenvalue weighted by Crippen LogP contribution is -2.49. The molecule has 2 aromatic carbocycles. The number of benzene rings is 2. The third-order valence-corrected chi connectivity index (χ3v) is 8.49. The Morgan fingerprint density at radius 1 is 1.00 bits per heavy atom. The van der Waals surface area contributed by atoms with Crippen LogP contribution in [0.5, 0.6) is 5.75 Å². The third kappa shape index (κ3) is 5.34. The highest BCUT2D eigenvalue weighted by Gasteiger charge is 2.52. The van der Waals surface area contributed by atoms with Crippen LogP contribution in [0.4, 0.5) is 4.79 Å². The molecule has 0 aromatic heterocycles. The summed E-state index contributed by atoms with van der Waals surface area (Å²) < 4.78 is 11.7. The van der Waals surface area contributed by atoms with E-state index in [9.17, 15) is 9.90 Å². The lowest BCUT2D eigenvalue weighted by atomic mass is 9.83. The zero-order chi connectivity index (χ0) is 24.2. The van der Waals surface area contributed by atoms with Gasteiger partial charge in [-0.25, -0.2) is 4.79 Å². The van der Waals surface area contributed by atoms with Gasteiger partial charge in [0.1, 0.15) is 5.75 Å². The highest BCUT2D eigenvalue weighted by Crippen LogP contribution is 2.42. The number of ether oxygens (including phenoxy) is 2. The van der Waals surface area contributed by atoms with Gasteiger partial charge in [-0.15, -0.1) is 0 Å². The number of nitrogens with one attached hydrogen (secondary N) is 1. The van der Waals surface area contributed by atoms with E-state index in [1.54, 1.807) is 12.0 Å². The molecule has 2 aliphatic carbocycles. The highest BCUT2D eigenvalue weighted by molar-refractivity contribution is 5.67. The van der Waals surface area contributed by atoms with Crippen molar-refractivity contribution in [1.82, 2.24) is 10.2 Å². The normalized spacial score (nSPS) is 30.3. The molecule has 3 fully saturated rings. The Hall–Kier alpha value is -2.57. The van der Waals surface area contributed by atoms with Crippen molar-refractivity contribution in [1.29, 1.82) is 0 Å². The predicted octanol–water partition coefficient (Wildman–Crippen LogP) is 5.43. The van der Waals surface area contributed by atoms with Crippen LogP contribution >= 0.6 is 0 Å². The van der Waals surface area contributed by atoms with Gasteiger partial charge in [0.15, 0.2) is 0 Å². The SMILES string of the molecule is COc1ccc(CN[C@H]2[C@H]3CCC[C@H]3N(C(=O)O)[C@H]2COC2CCC(c3ccccc3)CC2)cc1. The maximum atomic E-state index is 12.3. The van der Waals surface area contributed by atoms with Crippen LogP contribution in [0.15, 0.2) is 54.6 Å². The molecule has 1 heterocycles. The van der Waals surface area contributed by atoms with E-state index in [4.69, 9.17) is 9.47 Å². The van der Waals surface area contributed by atoms with Gasteiger partial charge in [-0.1, -0.05) is 48.9 Å². The molecule has 3 aliphatic rings. The molecule has 188 valence electrons. The molecular formula is C29H38N2O4. The van der Waals surface area contributed by atoms with E-state index in [0.717, 1.165) is 50.7 Å². The van der Waals surface area contributed by atoms with Crippen LogP contribution < -0.4 is 10.1 Å². The zero-order valence-corrected chi connectivity index (χ0v) is 20.6. The predicted molar refractivity (Wildman–Crippen MR) is 136 cm³/mol. The number of hydrogen-bond donors (Lipinski definition) is 2. The number of rotatable bonds is 8. The molecule has 2 N–H and O–H groups in total. The average molecular weight is 479 g/mol. The summed E-state index contributed by atoms with van der Waals surface area (Å²) in [5, 5.41) is 13.9. The fourth-order valence-corrected chi connectivity index (χ4v) is 6.69. The first-order valence-electron chi connectivity index (χ1n) is 13.2. The van der Waals surface area contributed by atoms with E-state index in [1.165, 1.54) is 11.1 Å². The molecule has 0 spiro atoms. The minimum Gasteiger partial charge on any atom is -0.497 e. The summed E-state index contributed by atoms with van der Waals surface area (Å²) in [7, 11) is 1.67. The Morgan fingerprint density at radius 3 is 2.43 bits per heavy atom. The second-order valence-corrected chi connectivity index (χ2v) is 10.4. The Morgan fingerprint density at radius 2 is 1.74 bits per heavy atom. The third-order valence-electron chi connectivity index (χ3n) is 8.49. The molecule has 0 unspecified atom stereocenters. The van der Waals surface area contributed by atoms with E-state index in [2.05, 4.69) is 47.8 Å². The smallest absolute Gasteiger partial charge is 0.407 e. The first kappa shape index (κ1) is 24.1. The van der Waals surface area contributed by atoms with Gasteiger partial charge in [-0.2, -0.15) is 0 Å². The topological polar surface area (TPSA) is 71.0 Å². The number of methoxy groups -OCH3 is 1. The van der Waals surface area contributed by atoms with Crippen LogP contribution in [0.25, 0.3) is 0 Å². The molecule has 5 rings (SSSR count). The number of fused-ring (bicyclic) bond motifs is 1. The molecule has 2 aromatic rings. The molecule has 0 bridgehead atoms. The largest absolute Gasteiger partial charge is 0.497 e. The summed E-state index contributed by atoms with van der Waals surface area (Å²) in [4.78, 5) is 14.0. The summed E-state index contributed by atoms with van der Waals surface area (Å²) in [6, 6.07) is 18.9. The van der Waals surface area contributed by atoms with Crippen molar-refractivity contribution in [3.63, 3.8) is 0 Å². The molecule has 1 saturated heterocycles. The molecule has 0 radical (unpaired) electrons. The van der Waals surface area contributed by atoms with E-state index in [-0.39, 0.29) is 24.2 Å². The summed E-state index contributed by atoms with van der Waals surface area (Å²) in [6.07, 6.45) is 6.87. The Bertz CT molecular complexity index is 958. The number of hydrogen-bond acceptors (Lipinski definition) is 4. The Labute approximate surface area is 208 Å². The van der Waals surface area contributed by atoms with Crippen LogP contribution in [0.3, 0.4) is 0 Å². The van der Waals surface area contributed by atoms with Crippen molar-refractivity contribution in [2.75, 3.05) is 13.7 Å². The molecule has 2 saturated carbocycles. The number of nitrogens with zero attached hydrogens (tertiary/aromatic N) is 1. The second kappa shape index (κ2) is 11.0.